The molecule has 1 amide bonds. The highest BCUT2D eigenvalue weighted by Gasteiger charge is 2.47. The van der Waals surface area contributed by atoms with Crippen LogP contribution in [-0.2, 0) is 4.74 Å². The molecule has 112 valence electrons. The summed E-state index contributed by atoms with van der Waals surface area (Å²) in [7, 11) is 0. The number of halogens is 3. The van der Waals surface area contributed by atoms with Gasteiger partial charge in [-0.15, -0.1) is 0 Å². The summed E-state index contributed by atoms with van der Waals surface area (Å²) in [5, 5.41) is 9.23. The zero-order valence-corrected chi connectivity index (χ0v) is 11.4. The molecule has 0 aromatic rings. The standard InChI is InChI=1S/C12H20F3NO3/c1-10(2,3)19-9(18)16-5-4-11(7-16,8-17)6-12(13,14)15/h17H,4-8H2,1-3H3. The number of nitrogens with zero attached hydrogens (tertiary/aromatic N) is 1. The molecule has 1 fully saturated rings. The summed E-state index contributed by atoms with van der Waals surface area (Å²) in [5.74, 6) is 0. The fraction of sp³-hybridized carbons (Fsp3) is 0.917. The lowest BCUT2D eigenvalue weighted by atomic mass is 9.84. The van der Waals surface area contributed by atoms with Gasteiger partial charge in [0.2, 0.25) is 0 Å². The maximum Gasteiger partial charge on any atom is 0.410 e. The Hall–Kier alpha value is -0.980. The Balaban J connectivity index is 2.67. The molecular formula is C12H20F3NO3. The molecule has 1 saturated heterocycles. The molecule has 0 aromatic carbocycles. The average molecular weight is 283 g/mol. The van der Waals surface area contributed by atoms with Crippen LogP contribution >= 0.6 is 0 Å². The third kappa shape index (κ3) is 4.89. The Kier molecular flexibility index (Phi) is 4.39. The molecule has 0 radical (unpaired) electrons. The molecular weight excluding hydrogens is 263 g/mol. The highest BCUT2D eigenvalue weighted by Crippen LogP contribution is 2.40. The van der Waals surface area contributed by atoms with Gasteiger partial charge in [-0.2, -0.15) is 13.2 Å². The van der Waals surface area contributed by atoms with Crippen molar-refractivity contribution in [3.63, 3.8) is 0 Å². The second-order valence-electron chi connectivity index (χ2n) is 6.10. The van der Waals surface area contributed by atoms with Crippen LogP contribution in [0.5, 0.6) is 0 Å². The molecule has 1 N–H and O–H groups in total. The van der Waals surface area contributed by atoms with Crippen molar-refractivity contribution in [3.8, 4) is 0 Å². The molecule has 1 aliphatic rings. The molecule has 0 aromatic heterocycles. The summed E-state index contributed by atoms with van der Waals surface area (Å²) in [4.78, 5) is 13.0. The number of ether oxygens (including phenoxy) is 1. The summed E-state index contributed by atoms with van der Waals surface area (Å²) in [6.07, 6.45) is -5.95. The fourth-order valence-electron chi connectivity index (χ4n) is 2.17. The summed E-state index contributed by atoms with van der Waals surface area (Å²) in [5.41, 5.74) is -1.99. The van der Waals surface area contributed by atoms with E-state index in [-0.39, 0.29) is 19.5 Å². The van der Waals surface area contributed by atoms with Crippen LogP contribution in [-0.4, -0.2) is 47.6 Å². The van der Waals surface area contributed by atoms with Crippen molar-refractivity contribution in [1.82, 2.24) is 4.90 Å². The number of likely N-dealkylation sites (tertiary alicyclic amines) is 1. The lowest BCUT2D eigenvalue weighted by Gasteiger charge is -2.29. The van der Waals surface area contributed by atoms with Crippen LogP contribution in [0.2, 0.25) is 0 Å². The molecule has 4 nitrogen and oxygen atoms in total. The van der Waals surface area contributed by atoms with Gasteiger partial charge in [0, 0.05) is 18.5 Å². The van der Waals surface area contributed by atoms with Gasteiger partial charge in [0.25, 0.3) is 0 Å². The summed E-state index contributed by atoms with van der Waals surface area (Å²) in [6.45, 7) is 4.53. The molecule has 1 heterocycles. The maximum absolute atomic E-state index is 12.5. The number of carbonyl (C=O) groups is 1. The van der Waals surface area contributed by atoms with E-state index < -0.39 is 36.3 Å². The lowest BCUT2D eigenvalue weighted by molar-refractivity contribution is -0.162. The van der Waals surface area contributed by atoms with E-state index in [0.717, 1.165) is 0 Å². The van der Waals surface area contributed by atoms with Gasteiger partial charge < -0.3 is 14.7 Å². The van der Waals surface area contributed by atoms with Crippen molar-refractivity contribution in [2.75, 3.05) is 19.7 Å². The van der Waals surface area contributed by atoms with Gasteiger partial charge in [-0.1, -0.05) is 0 Å². The smallest absolute Gasteiger partial charge is 0.410 e. The van der Waals surface area contributed by atoms with Crippen molar-refractivity contribution >= 4 is 6.09 Å². The normalized spacial score (nSPS) is 24.7. The number of amides is 1. The first-order valence-corrected chi connectivity index (χ1v) is 6.12. The van der Waals surface area contributed by atoms with Crippen molar-refractivity contribution in [1.29, 1.82) is 0 Å². The van der Waals surface area contributed by atoms with Crippen molar-refractivity contribution < 1.29 is 27.8 Å². The van der Waals surface area contributed by atoms with Gasteiger partial charge in [-0.25, -0.2) is 4.79 Å². The number of aliphatic hydroxyl groups excluding tert-OH is 1. The molecule has 1 aliphatic heterocycles. The summed E-state index contributed by atoms with van der Waals surface area (Å²) >= 11 is 0. The number of alkyl halides is 3. The van der Waals surface area contributed by atoms with Crippen LogP contribution in [0.1, 0.15) is 33.6 Å². The highest BCUT2D eigenvalue weighted by atomic mass is 19.4. The van der Waals surface area contributed by atoms with Gasteiger partial charge >= 0.3 is 12.3 Å². The third-order valence-electron chi connectivity index (χ3n) is 3.00. The van der Waals surface area contributed by atoms with Gasteiger partial charge in [0.05, 0.1) is 13.0 Å². The van der Waals surface area contributed by atoms with E-state index in [0.29, 0.717) is 0 Å². The first kappa shape index (κ1) is 16.1. The second kappa shape index (κ2) is 5.19. The molecule has 0 spiro atoms. The van der Waals surface area contributed by atoms with E-state index in [1.54, 1.807) is 20.8 Å². The minimum Gasteiger partial charge on any atom is -0.444 e. The number of rotatable bonds is 2. The quantitative estimate of drug-likeness (QED) is 0.847. The molecule has 0 bridgehead atoms. The number of hydrogen-bond acceptors (Lipinski definition) is 3. The predicted octanol–water partition coefficient (Wildman–Crippen LogP) is 2.56. The second-order valence-corrected chi connectivity index (χ2v) is 6.10. The topological polar surface area (TPSA) is 49.8 Å². The first-order chi connectivity index (χ1) is 8.46. The molecule has 7 heteroatoms. The van der Waals surface area contributed by atoms with E-state index >= 15 is 0 Å². The van der Waals surface area contributed by atoms with Crippen molar-refractivity contribution in [3.05, 3.63) is 0 Å². The van der Waals surface area contributed by atoms with Crippen LogP contribution in [0, 0.1) is 5.41 Å². The van der Waals surface area contributed by atoms with E-state index in [4.69, 9.17) is 4.74 Å². The minimum absolute atomic E-state index is 0.127. The van der Waals surface area contributed by atoms with E-state index in [9.17, 15) is 23.1 Å². The molecule has 0 saturated carbocycles. The van der Waals surface area contributed by atoms with Gasteiger partial charge in [0.15, 0.2) is 0 Å². The number of aliphatic hydroxyl groups is 1. The predicted molar refractivity (Wildman–Crippen MR) is 62.6 cm³/mol. The van der Waals surface area contributed by atoms with E-state index in [1.807, 2.05) is 0 Å². The highest BCUT2D eigenvalue weighted by molar-refractivity contribution is 5.68. The average Bonchev–Trinajstić information content (AvgIpc) is 2.57. The van der Waals surface area contributed by atoms with Crippen LogP contribution in [0.25, 0.3) is 0 Å². The first-order valence-electron chi connectivity index (χ1n) is 6.12. The van der Waals surface area contributed by atoms with E-state index in [1.165, 1.54) is 4.90 Å². The summed E-state index contributed by atoms with van der Waals surface area (Å²) in [6, 6.07) is 0. The monoisotopic (exact) mass is 283 g/mol. The van der Waals surface area contributed by atoms with Crippen molar-refractivity contribution in [2.45, 2.75) is 45.4 Å². The zero-order chi connectivity index (χ0) is 14.9. The number of hydrogen-bond donors (Lipinski definition) is 1. The Bertz CT molecular complexity index is 338. The maximum atomic E-state index is 12.5. The lowest BCUT2D eigenvalue weighted by Crippen LogP contribution is -2.39. The Labute approximate surface area is 110 Å². The van der Waals surface area contributed by atoms with Crippen LogP contribution in [0.4, 0.5) is 18.0 Å². The van der Waals surface area contributed by atoms with Crippen molar-refractivity contribution in [2.24, 2.45) is 5.41 Å². The summed E-state index contributed by atoms with van der Waals surface area (Å²) < 4.78 is 42.6. The molecule has 1 unspecified atom stereocenters. The Morgan fingerprint density at radius 1 is 1.37 bits per heavy atom. The van der Waals surface area contributed by atoms with Gasteiger partial charge in [-0.05, 0) is 27.2 Å². The van der Waals surface area contributed by atoms with Crippen LogP contribution in [0.3, 0.4) is 0 Å². The number of carbonyl (C=O) groups excluding carboxylic acids is 1. The largest absolute Gasteiger partial charge is 0.444 e. The SMILES string of the molecule is CC(C)(C)OC(=O)N1CCC(CO)(CC(F)(F)F)C1. The molecule has 1 rings (SSSR count). The minimum atomic E-state index is -4.35. The van der Waals surface area contributed by atoms with Crippen LogP contribution in [0.15, 0.2) is 0 Å². The Morgan fingerprint density at radius 3 is 2.37 bits per heavy atom. The van der Waals surface area contributed by atoms with Gasteiger partial charge in [-0.3, -0.25) is 0 Å². The third-order valence-corrected chi connectivity index (χ3v) is 3.00. The molecule has 0 aliphatic carbocycles. The van der Waals surface area contributed by atoms with Gasteiger partial charge in [0.1, 0.15) is 5.60 Å². The zero-order valence-electron chi connectivity index (χ0n) is 11.4. The van der Waals surface area contributed by atoms with Crippen LogP contribution < -0.4 is 0 Å². The molecule has 19 heavy (non-hydrogen) atoms. The Morgan fingerprint density at radius 2 is 1.95 bits per heavy atom. The van der Waals surface area contributed by atoms with E-state index in [2.05, 4.69) is 0 Å². The fourth-order valence-corrected chi connectivity index (χ4v) is 2.17. The molecule has 1 atom stereocenters.